The van der Waals surface area contributed by atoms with E-state index in [-0.39, 0.29) is 6.04 Å². The average Bonchev–Trinajstić information content (AvgIpc) is 2.15. The van der Waals surface area contributed by atoms with Gasteiger partial charge in [-0.3, -0.25) is 0 Å². The highest BCUT2D eigenvalue weighted by Crippen LogP contribution is 2.01. The molecule has 0 unspecified atom stereocenters. The van der Waals surface area contributed by atoms with Crippen molar-refractivity contribution in [1.82, 2.24) is 4.57 Å². The van der Waals surface area contributed by atoms with Gasteiger partial charge in [-0.05, 0) is 19.1 Å². The third kappa shape index (κ3) is 1.61. The summed E-state index contributed by atoms with van der Waals surface area (Å²) in [5.41, 5.74) is 6.94. The van der Waals surface area contributed by atoms with Gasteiger partial charge < -0.3 is 10.3 Å². The molecule has 2 heteroatoms. The predicted octanol–water partition coefficient (Wildman–Crippen LogP) is 0.915. The van der Waals surface area contributed by atoms with Gasteiger partial charge in [-0.25, -0.2) is 0 Å². The van der Waals surface area contributed by atoms with Gasteiger partial charge in [-0.2, -0.15) is 0 Å². The van der Waals surface area contributed by atoms with E-state index in [1.54, 1.807) is 0 Å². The van der Waals surface area contributed by atoms with Crippen LogP contribution in [0.5, 0.6) is 0 Å². The molecular weight excluding hydrogens is 124 g/mol. The van der Waals surface area contributed by atoms with Gasteiger partial charge in [-0.15, -0.1) is 0 Å². The summed E-state index contributed by atoms with van der Waals surface area (Å²) in [6.07, 6.45) is 3.00. The van der Waals surface area contributed by atoms with Crippen LogP contribution < -0.4 is 5.73 Å². The molecule has 0 amide bonds. The fourth-order valence-electron chi connectivity index (χ4n) is 1.04. The van der Waals surface area contributed by atoms with E-state index in [9.17, 15) is 0 Å². The molecule has 0 fully saturated rings. The smallest absolute Gasteiger partial charge is 0.0187 e. The molecule has 0 aliphatic carbocycles. The van der Waals surface area contributed by atoms with Crippen LogP contribution in [-0.2, 0) is 13.5 Å². The van der Waals surface area contributed by atoms with Crippen LogP contribution in [0.2, 0.25) is 0 Å². The Bertz CT molecular complexity index is 201. The lowest BCUT2D eigenvalue weighted by Gasteiger charge is -2.05. The van der Waals surface area contributed by atoms with Gasteiger partial charge >= 0.3 is 0 Å². The zero-order valence-electron chi connectivity index (χ0n) is 6.54. The standard InChI is InChI=1S/C8H14N2/c1-7(9)6-8-4-3-5-10(8)2/h3-5,7H,6,9H2,1-2H3/t7-/m1/s1. The van der Waals surface area contributed by atoms with Gasteiger partial charge in [0.25, 0.3) is 0 Å². The van der Waals surface area contributed by atoms with Crippen molar-refractivity contribution in [3.05, 3.63) is 24.0 Å². The normalized spacial score (nSPS) is 13.5. The molecule has 0 aromatic carbocycles. The molecule has 0 spiro atoms. The molecule has 0 saturated heterocycles. The number of aryl methyl sites for hydroxylation is 1. The first kappa shape index (κ1) is 7.35. The Balaban J connectivity index is 2.65. The minimum Gasteiger partial charge on any atom is -0.354 e. The maximum absolute atomic E-state index is 5.64. The van der Waals surface area contributed by atoms with E-state index < -0.39 is 0 Å². The Kier molecular flexibility index (Phi) is 2.12. The Morgan fingerprint density at radius 1 is 1.70 bits per heavy atom. The zero-order chi connectivity index (χ0) is 7.56. The van der Waals surface area contributed by atoms with Crippen LogP contribution in [0.4, 0.5) is 0 Å². The van der Waals surface area contributed by atoms with Crippen molar-refractivity contribution in [2.75, 3.05) is 0 Å². The highest BCUT2D eigenvalue weighted by molar-refractivity contribution is 5.07. The van der Waals surface area contributed by atoms with Crippen molar-refractivity contribution >= 4 is 0 Å². The van der Waals surface area contributed by atoms with E-state index in [1.807, 2.05) is 26.2 Å². The van der Waals surface area contributed by atoms with Crippen LogP contribution >= 0.6 is 0 Å². The quantitative estimate of drug-likeness (QED) is 0.647. The third-order valence-electron chi connectivity index (χ3n) is 1.58. The average molecular weight is 138 g/mol. The van der Waals surface area contributed by atoms with Crippen LogP contribution in [0.15, 0.2) is 18.3 Å². The van der Waals surface area contributed by atoms with Crippen LogP contribution in [0.3, 0.4) is 0 Å². The molecule has 1 atom stereocenters. The van der Waals surface area contributed by atoms with Gasteiger partial charge in [0.2, 0.25) is 0 Å². The second kappa shape index (κ2) is 2.88. The summed E-state index contributed by atoms with van der Waals surface area (Å²) in [6, 6.07) is 4.40. The monoisotopic (exact) mass is 138 g/mol. The lowest BCUT2D eigenvalue weighted by atomic mass is 10.2. The van der Waals surface area contributed by atoms with Crippen molar-refractivity contribution in [3.8, 4) is 0 Å². The fourth-order valence-corrected chi connectivity index (χ4v) is 1.04. The van der Waals surface area contributed by atoms with Crippen LogP contribution in [0.1, 0.15) is 12.6 Å². The topological polar surface area (TPSA) is 30.9 Å². The molecule has 0 saturated carbocycles. The van der Waals surface area contributed by atoms with Crippen LogP contribution in [0.25, 0.3) is 0 Å². The van der Waals surface area contributed by atoms with E-state index in [4.69, 9.17) is 5.73 Å². The third-order valence-corrected chi connectivity index (χ3v) is 1.58. The van der Waals surface area contributed by atoms with Crippen molar-refractivity contribution in [3.63, 3.8) is 0 Å². The van der Waals surface area contributed by atoms with Crippen molar-refractivity contribution < 1.29 is 0 Å². The molecule has 1 heterocycles. The second-order valence-corrected chi connectivity index (χ2v) is 2.79. The van der Waals surface area contributed by atoms with E-state index in [1.165, 1.54) is 5.69 Å². The highest BCUT2D eigenvalue weighted by atomic mass is 14.9. The summed E-state index contributed by atoms with van der Waals surface area (Å²) in [7, 11) is 2.04. The molecule has 1 aromatic rings. The number of nitrogens with two attached hydrogens (primary N) is 1. The van der Waals surface area contributed by atoms with Crippen molar-refractivity contribution in [2.24, 2.45) is 12.8 Å². The Morgan fingerprint density at radius 2 is 2.40 bits per heavy atom. The van der Waals surface area contributed by atoms with Gasteiger partial charge in [-0.1, -0.05) is 0 Å². The Morgan fingerprint density at radius 3 is 2.80 bits per heavy atom. The maximum Gasteiger partial charge on any atom is 0.0187 e. The number of aromatic nitrogens is 1. The lowest BCUT2D eigenvalue weighted by Crippen LogP contribution is -2.19. The molecule has 10 heavy (non-hydrogen) atoms. The molecule has 0 radical (unpaired) electrons. The molecule has 2 nitrogen and oxygen atoms in total. The maximum atomic E-state index is 5.64. The number of hydrogen-bond acceptors (Lipinski definition) is 1. The molecule has 56 valence electrons. The summed E-state index contributed by atoms with van der Waals surface area (Å²) >= 11 is 0. The molecule has 2 N–H and O–H groups in total. The zero-order valence-corrected chi connectivity index (χ0v) is 6.54. The van der Waals surface area contributed by atoms with Gasteiger partial charge in [0, 0.05) is 31.4 Å². The molecule has 1 aromatic heterocycles. The Labute approximate surface area is 61.7 Å². The molecular formula is C8H14N2. The predicted molar refractivity (Wildman–Crippen MR) is 42.8 cm³/mol. The van der Waals surface area contributed by atoms with E-state index in [0.29, 0.717) is 0 Å². The SMILES string of the molecule is C[C@@H](N)Cc1cccn1C. The van der Waals surface area contributed by atoms with Crippen molar-refractivity contribution in [2.45, 2.75) is 19.4 Å². The first-order chi connectivity index (χ1) is 4.70. The minimum atomic E-state index is 0.258. The van der Waals surface area contributed by atoms with E-state index in [2.05, 4.69) is 10.6 Å². The Hall–Kier alpha value is -0.760. The summed E-state index contributed by atoms with van der Waals surface area (Å²) < 4.78 is 2.10. The largest absolute Gasteiger partial charge is 0.354 e. The summed E-state index contributed by atoms with van der Waals surface area (Å²) in [6.45, 7) is 2.02. The molecule has 0 aliphatic heterocycles. The van der Waals surface area contributed by atoms with Gasteiger partial charge in [0.05, 0.1) is 0 Å². The second-order valence-electron chi connectivity index (χ2n) is 2.79. The van der Waals surface area contributed by atoms with Crippen LogP contribution in [-0.4, -0.2) is 10.6 Å². The van der Waals surface area contributed by atoms with E-state index in [0.717, 1.165) is 6.42 Å². The highest BCUT2D eigenvalue weighted by Gasteiger charge is 1.99. The van der Waals surface area contributed by atoms with E-state index >= 15 is 0 Å². The van der Waals surface area contributed by atoms with Crippen LogP contribution in [0, 0.1) is 0 Å². The first-order valence-electron chi connectivity index (χ1n) is 3.56. The summed E-state index contributed by atoms with van der Waals surface area (Å²) in [5.74, 6) is 0. The number of nitrogens with zero attached hydrogens (tertiary/aromatic N) is 1. The first-order valence-corrected chi connectivity index (χ1v) is 3.56. The molecule has 1 rings (SSSR count). The fraction of sp³-hybridized carbons (Fsp3) is 0.500. The van der Waals surface area contributed by atoms with Gasteiger partial charge in [0.1, 0.15) is 0 Å². The number of hydrogen-bond donors (Lipinski definition) is 1. The summed E-state index contributed by atoms with van der Waals surface area (Å²) in [4.78, 5) is 0. The van der Waals surface area contributed by atoms with Crippen molar-refractivity contribution in [1.29, 1.82) is 0 Å². The lowest BCUT2D eigenvalue weighted by molar-refractivity contribution is 0.690. The number of rotatable bonds is 2. The minimum absolute atomic E-state index is 0.258. The molecule has 0 aliphatic rings. The molecule has 0 bridgehead atoms. The van der Waals surface area contributed by atoms with Gasteiger partial charge in [0.15, 0.2) is 0 Å². The summed E-state index contributed by atoms with van der Waals surface area (Å²) in [5, 5.41) is 0.